The van der Waals surface area contributed by atoms with Crippen molar-refractivity contribution >= 4 is 10.8 Å². The smallest absolute Gasteiger partial charge is 0.176 e. The van der Waals surface area contributed by atoms with Crippen LogP contribution in [0.3, 0.4) is 0 Å². The van der Waals surface area contributed by atoms with Gasteiger partial charge in [-0.15, -0.1) is 0 Å². The number of nitrogens with zero attached hydrogens (tertiary/aromatic N) is 1. The molecule has 62 valence electrons. The minimum Gasteiger partial charge on any atom is -1.00 e. The molecule has 0 N–H and O–H groups in total. The highest BCUT2D eigenvalue weighted by Gasteiger charge is 1.94. The first-order valence-electron chi connectivity index (χ1n) is 3.70. The van der Waals surface area contributed by atoms with Crippen molar-refractivity contribution in [1.82, 2.24) is 0 Å². The third-order valence-electron chi connectivity index (χ3n) is 1.83. The molecule has 2 heteroatoms. The van der Waals surface area contributed by atoms with Crippen molar-refractivity contribution in [2.45, 2.75) is 0 Å². The number of aromatic nitrogens is 1. The molecule has 0 bridgehead atoms. The zero-order valence-corrected chi connectivity index (χ0v) is 7.62. The van der Waals surface area contributed by atoms with Crippen LogP contribution >= 0.6 is 0 Å². The summed E-state index contributed by atoms with van der Waals surface area (Å²) in [6.07, 6.45) is 4.18. The van der Waals surface area contributed by atoms with Crippen molar-refractivity contribution < 1.29 is 17.0 Å². The van der Waals surface area contributed by atoms with Gasteiger partial charge in [-0.3, -0.25) is 0 Å². The summed E-state index contributed by atoms with van der Waals surface area (Å²) >= 11 is 0. The summed E-state index contributed by atoms with van der Waals surface area (Å²) < 4.78 is 2.06. The van der Waals surface area contributed by atoms with Gasteiger partial charge in [0, 0.05) is 11.5 Å². The lowest BCUT2D eigenvalue weighted by molar-refractivity contribution is -0.670. The first kappa shape index (κ1) is 9.01. The summed E-state index contributed by atoms with van der Waals surface area (Å²) in [7, 11) is 2.03. The van der Waals surface area contributed by atoms with E-state index in [-0.39, 0.29) is 12.4 Å². The number of fused-ring (bicyclic) bond motifs is 1. The molecule has 1 aromatic heterocycles. The molecule has 0 amide bonds. The van der Waals surface area contributed by atoms with Crippen LogP contribution in [0.25, 0.3) is 10.8 Å². The van der Waals surface area contributed by atoms with Gasteiger partial charge in [0.1, 0.15) is 7.05 Å². The Labute approximate surface area is 78.1 Å². The number of rotatable bonds is 0. The lowest BCUT2D eigenvalue weighted by atomic mass is 10.2. The predicted molar refractivity (Wildman–Crippen MR) is 45.1 cm³/mol. The van der Waals surface area contributed by atoms with Crippen LogP contribution < -0.4 is 17.0 Å². The minimum atomic E-state index is 0. The summed E-state index contributed by atoms with van der Waals surface area (Å²) in [6, 6.07) is 10.5. The van der Waals surface area contributed by atoms with Crippen molar-refractivity contribution in [3.63, 3.8) is 0 Å². The van der Waals surface area contributed by atoms with Crippen LogP contribution in [0, 0.1) is 0 Å². The molecule has 0 fully saturated rings. The quantitative estimate of drug-likeness (QED) is 0.442. The number of aryl methyl sites for hydroxylation is 1. The highest BCUT2D eigenvalue weighted by Crippen LogP contribution is 2.08. The highest BCUT2D eigenvalue weighted by atomic mass is 35.5. The third kappa shape index (κ3) is 1.56. The van der Waals surface area contributed by atoms with Gasteiger partial charge in [-0.25, -0.2) is 4.57 Å². The number of hydrogen-bond acceptors (Lipinski definition) is 0. The molecule has 1 aromatic carbocycles. The normalized spacial score (nSPS) is 9.42. The van der Waals surface area contributed by atoms with Crippen LogP contribution in [0.1, 0.15) is 0 Å². The summed E-state index contributed by atoms with van der Waals surface area (Å²) in [4.78, 5) is 0. The summed E-state index contributed by atoms with van der Waals surface area (Å²) in [5, 5.41) is 2.59. The van der Waals surface area contributed by atoms with Gasteiger partial charge in [0.15, 0.2) is 12.4 Å². The minimum absolute atomic E-state index is 0. The van der Waals surface area contributed by atoms with Crippen molar-refractivity contribution in [2.75, 3.05) is 0 Å². The molecule has 0 aliphatic rings. The second-order valence-electron chi connectivity index (χ2n) is 2.74. The molecular formula is C10H10ClN. The molecule has 0 atom stereocenters. The Morgan fingerprint density at radius 1 is 1.00 bits per heavy atom. The lowest BCUT2D eigenvalue weighted by Crippen LogP contribution is -3.00. The van der Waals surface area contributed by atoms with E-state index in [2.05, 4.69) is 47.3 Å². The van der Waals surface area contributed by atoms with E-state index in [4.69, 9.17) is 0 Å². The molecule has 0 spiro atoms. The molecule has 2 aromatic rings. The van der Waals surface area contributed by atoms with E-state index >= 15 is 0 Å². The first-order valence-corrected chi connectivity index (χ1v) is 3.70. The molecular weight excluding hydrogens is 170 g/mol. The Morgan fingerprint density at radius 3 is 2.42 bits per heavy atom. The van der Waals surface area contributed by atoms with Crippen LogP contribution in [-0.2, 0) is 7.05 Å². The van der Waals surface area contributed by atoms with Crippen molar-refractivity contribution in [3.05, 3.63) is 42.7 Å². The number of benzene rings is 1. The van der Waals surface area contributed by atoms with Crippen molar-refractivity contribution in [3.8, 4) is 0 Å². The summed E-state index contributed by atoms with van der Waals surface area (Å²) in [5.74, 6) is 0. The fourth-order valence-electron chi connectivity index (χ4n) is 1.24. The lowest BCUT2D eigenvalue weighted by Gasteiger charge is -1.92. The fourth-order valence-corrected chi connectivity index (χ4v) is 1.24. The second-order valence-corrected chi connectivity index (χ2v) is 2.74. The number of halogens is 1. The van der Waals surface area contributed by atoms with Gasteiger partial charge in [0.2, 0.25) is 0 Å². The summed E-state index contributed by atoms with van der Waals surface area (Å²) in [5.41, 5.74) is 0. The van der Waals surface area contributed by atoms with Gasteiger partial charge in [-0.05, 0) is 11.5 Å². The van der Waals surface area contributed by atoms with Gasteiger partial charge in [-0.1, -0.05) is 18.2 Å². The Morgan fingerprint density at radius 2 is 1.67 bits per heavy atom. The van der Waals surface area contributed by atoms with Crippen molar-refractivity contribution in [2.24, 2.45) is 7.05 Å². The SMILES string of the molecule is C[n+]1ccc2ccccc2c1.[Cl-]. The zero-order chi connectivity index (χ0) is 7.68. The second kappa shape index (κ2) is 3.55. The monoisotopic (exact) mass is 179 g/mol. The molecule has 0 radical (unpaired) electrons. The Hall–Kier alpha value is -1.08. The van der Waals surface area contributed by atoms with Gasteiger partial charge in [0.05, 0.1) is 0 Å². The van der Waals surface area contributed by atoms with Crippen molar-refractivity contribution in [1.29, 1.82) is 0 Å². The van der Waals surface area contributed by atoms with Crippen LogP contribution in [0.2, 0.25) is 0 Å². The maximum Gasteiger partial charge on any atom is 0.176 e. The molecule has 2 rings (SSSR count). The maximum atomic E-state index is 2.12. The molecule has 12 heavy (non-hydrogen) atoms. The maximum absolute atomic E-state index is 2.12. The van der Waals surface area contributed by atoms with Crippen LogP contribution in [-0.4, -0.2) is 0 Å². The van der Waals surface area contributed by atoms with E-state index < -0.39 is 0 Å². The van der Waals surface area contributed by atoms with Gasteiger partial charge >= 0.3 is 0 Å². The molecule has 0 saturated heterocycles. The zero-order valence-electron chi connectivity index (χ0n) is 6.87. The Bertz CT molecular complexity index is 384. The summed E-state index contributed by atoms with van der Waals surface area (Å²) in [6.45, 7) is 0. The molecule has 0 aliphatic carbocycles. The van der Waals surface area contributed by atoms with E-state index in [1.807, 2.05) is 7.05 Å². The van der Waals surface area contributed by atoms with Crippen LogP contribution in [0.5, 0.6) is 0 Å². The van der Waals surface area contributed by atoms with Crippen LogP contribution in [0.4, 0.5) is 0 Å². The Balaban J connectivity index is 0.000000720. The average molecular weight is 180 g/mol. The van der Waals surface area contributed by atoms with E-state index in [1.54, 1.807) is 0 Å². The van der Waals surface area contributed by atoms with E-state index in [0.29, 0.717) is 0 Å². The van der Waals surface area contributed by atoms with E-state index in [9.17, 15) is 0 Å². The molecule has 1 heterocycles. The predicted octanol–water partition coefficient (Wildman–Crippen LogP) is -1.33. The molecule has 0 aliphatic heterocycles. The fraction of sp³-hybridized carbons (Fsp3) is 0.100. The molecule has 0 unspecified atom stereocenters. The largest absolute Gasteiger partial charge is 1.00 e. The number of hydrogen-bond donors (Lipinski definition) is 0. The third-order valence-corrected chi connectivity index (χ3v) is 1.83. The average Bonchev–Trinajstić information content (AvgIpc) is 2.04. The van der Waals surface area contributed by atoms with E-state index in [1.165, 1.54) is 10.8 Å². The standard InChI is InChI=1S/C10H10N.ClH/c1-11-7-6-9-4-2-3-5-10(9)8-11;/h2-8H,1H3;1H/q+1;/p-1. The van der Waals surface area contributed by atoms with Gasteiger partial charge in [0.25, 0.3) is 0 Å². The van der Waals surface area contributed by atoms with E-state index in [0.717, 1.165) is 0 Å². The van der Waals surface area contributed by atoms with Gasteiger partial charge < -0.3 is 12.4 Å². The van der Waals surface area contributed by atoms with Crippen LogP contribution in [0.15, 0.2) is 42.7 Å². The highest BCUT2D eigenvalue weighted by molar-refractivity contribution is 5.80. The molecule has 1 nitrogen and oxygen atoms in total. The number of pyridine rings is 1. The topological polar surface area (TPSA) is 3.88 Å². The van der Waals surface area contributed by atoms with Gasteiger partial charge in [-0.2, -0.15) is 0 Å². The first-order chi connectivity index (χ1) is 5.36. The molecule has 0 saturated carbocycles. The Kier molecular flexibility index (Phi) is 2.66.